The molecular formula is C12H14N2O3. The number of piperazine rings is 1. The lowest BCUT2D eigenvalue weighted by Gasteiger charge is -2.36. The molecule has 90 valence electrons. The third kappa shape index (κ3) is 1.95. The van der Waals surface area contributed by atoms with Crippen molar-refractivity contribution in [1.82, 2.24) is 9.80 Å². The zero-order chi connectivity index (χ0) is 12.6. The molecule has 5 nitrogen and oxygen atoms in total. The minimum Gasteiger partial charge on any atom is -0.508 e. The van der Waals surface area contributed by atoms with E-state index >= 15 is 0 Å². The largest absolute Gasteiger partial charge is 0.508 e. The van der Waals surface area contributed by atoms with Gasteiger partial charge in [-0.25, -0.2) is 0 Å². The number of hydrogen-bond acceptors (Lipinski definition) is 3. The van der Waals surface area contributed by atoms with Crippen molar-refractivity contribution in [2.24, 2.45) is 0 Å². The molecule has 1 heterocycles. The van der Waals surface area contributed by atoms with Crippen LogP contribution < -0.4 is 0 Å². The number of likely N-dealkylation sites (N-methyl/N-ethyl adjacent to an activating group) is 2. The zero-order valence-corrected chi connectivity index (χ0v) is 9.75. The summed E-state index contributed by atoms with van der Waals surface area (Å²) in [6.07, 6.45) is 0. The summed E-state index contributed by atoms with van der Waals surface area (Å²) in [4.78, 5) is 26.5. The Morgan fingerprint density at radius 1 is 1.29 bits per heavy atom. The van der Waals surface area contributed by atoms with Gasteiger partial charge in [-0.3, -0.25) is 9.59 Å². The smallest absolute Gasteiger partial charge is 0.250 e. The van der Waals surface area contributed by atoms with Gasteiger partial charge in [0.05, 0.1) is 6.54 Å². The molecule has 0 bridgehead atoms. The van der Waals surface area contributed by atoms with E-state index in [0.717, 1.165) is 0 Å². The molecule has 1 atom stereocenters. The first kappa shape index (κ1) is 11.4. The van der Waals surface area contributed by atoms with Crippen LogP contribution in [0.1, 0.15) is 11.6 Å². The second-order valence-corrected chi connectivity index (χ2v) is 4.20. The van der Waals surface area contributed by atoms with Crippen LogP contribution in [0.25, 0.3) is 0 Å². The predicted octanol–water partition coefficient (Wildman–Crippen LogP) is 0.364. The summed E-state index contributed by atoms with van der Waals surface area (Å²) in [6, 6.07) is 5.78. The van der Waals surface area contributed by atoms with Crippen LogP contribution in [0.3, 0.4) is 0 Å². The van der Waals surface area contributed by atoms with Gasteiger partial charge >= 0.3 is 0 Å². The molecule has 1 aliphatic heterocycles. The number of carbonyl (C=O) groups is 2. The van der Waals surface area contributed by atoms with Crippen molar-refractivity contribution in [3.63, 3.8) is 0 Å². The summed E-state index contributed by atoms with van der Waals surface area (Å²) in [5, 5.41) is 9.42. The van der Waals surface area contributed by atoms with E-state index in [1.54, 1.807) is 26.2 Å². The van der Waals surface area contributed by atoms with E-state index in [0.29, 0.717) is 5.56 Å². The fourth-order valence-electron chi connectivity index (χ4n) is 1.97. The quantitative estimate of drug-likeness (QED) is 0.763. The van der Waals surface area contributed by atoms with Crippen molar-refractivity contribution >= 4 is 11.8 Å². The molecule has 0 aliphatic carbocycles. The molecule has 1 fully saturated rings. The first-order valence-electron chi connectivity index (χ1n) is 5.30. The zero-order valence-electron chi connectivity index (χ0n) is 9.75. The minimum absolute atomic E-state index is 0.0874. The standard InChI is InChI=1S/C12H14N2O3/c1-13-7-10(16)14(2)11(12(13)17)8-4-3-5-9(15)6-8/h3-6,11,15H,7H2,1-2H3/t11-/m1/s1. The van der Waals surface area contributed by atoms with Crippen LogP contribution in [0, 0.1) is 0 Å². The van der Waals surface area contributed by atoms with Gasteiger partial charge in [0.25, 0.3) is 0 Å². The van der Waals surface area contributed by atoms with Crippen molar-refractivity contribution < 1.29 is 14.7 Å². The number of phenols is 1. The van der Waals surface area contributed by atoms with Crippen molar-refractivity contribution in [3.8, 4) is 5.75 Å². The molecular weight excluding hydrogens is 220 g/mol. The molecule has 2 rings (SSSR count). The molecule has 0 aromatic heterocycles. The lowest BCUT2D eigenvalue weighted by atomic mass is 10.0. The Balaban J connectivity index is 2.41. The summed E-state index contributed by atoms with van der Waals surface area (Å²) < 4.78 is 0. The SMILES string of the molecule is CN1CC(=O)N(C)[C@H](c2cccc(O)c2)C1=O. The van der Waals surface area contributed by atoms with Crippen molar-refractivity contribution in [2.75, 3.05) is 20.6 Å². The maximum Gasteiger partial charge on any atom is 0.250 e. The summed E-state index contributed by atoms with van der Waals surface area (Å²) >= 11 is 0. The van der Waals surface area contributed by atoms with E-state index in [4.69, 9.17) is 0 Å². The maximum atomic E-state index is 12.0. The molecule has 1 N–H and O–H groups in total. The van der Waals surface area contributed by atoms with Crippen molar-refractivity contribution in [2.45, 2.75) is 6.04 Å². The summed E-state index contributed by atoms with van der Waals surface area (Å²) in [5.41, 5.74) is 0.623. The molecule has 17 heavy (non-hydrogen) atoms. The number of amides is 2. The highest BCUT2D eigenvalue weighted by Gasteiger charge is 2.36. The van der Waals surface area contributed by atoms with Crippen LogP contribution >= 0.6 is 0 Å². The highest BCUT2D eigenvalue weighted by Crippen LogP contribution is 2.27. The number of benzene rings is 1. The third-order valence-electron chi connectivity index (χ3n) is 2.95. The first-order chi connectivity index (χ1) is 8.00. The molecule has 0 saturated carbocycles. The van der Waals surface area contributed by atoms with E-state index in [-0.39, 0.29) is 24.1 Å². The van der Waals surface area contributed by atoms with Gasteiger partial charge in [-0.2, -0.15) is 0 Å². The molecule has 1 saturated heterocycles. The van der Waals surface area contributed by atoms with Crippen LogP contribution in [0.4, 0.5) is 0 Å². The van der Waals surface area contributed by atoms with Gasteiger partial charge in [-0.1, -0.05) is 12.1 Å². The molecule has 1 aromatic carbocycles. The van der Waals surface area contributed by atoms with Crippen LogP contribution in [-0.4, -0.2) is 47.4 Å². The Bertz CT molecular complexity index is 473. The Labute approximate surface area is 99.3 Å². The molecule has 0 radical (unpaired) electrons. The number of nitrogens with zero attached hydrogens (tertiary/aromatic N) is 2. The van der Waals surface area contributed by atoms with Gasteiger partial charge in [0.2, 0.25) is 11.8 Å². The van der Waals surface area contributed by atoms with Crippen LogP contribution in [0.5, 0.6) is 5.75 Å². The normalized spacial score (nSPS) is 20.9. The van der Waals surface area contributed by atoms with Crippen molar-refractivity contribution in [3.05, 3.63) is 29.8 Å². The van der Waals surface area contributed by atoms with E-state index in [9.17, 15) is 14.7 Å². The van der Waals surface area contributed by atoms with Crippen LogP contribution in [0.2, 0.25) is 0 Å². The van der Waals surface area contributed by atoms with E-state index in [1.165, 1.54) is 21.9 Å². The lowest BCUT2D eigenvalue weighted by molar-refractivity contribution is -0.153. The fourth-order valence-corrected chi connectivity index (χ4v) is 1.97. The van der Waals surface area contributed by atoms with Gasteiger partial charge < -0.3 is 14.9 Å². The summed E-state index contributed by atoms with van der Waals surface area (Å²) in [7, 11) is 3.20. The second-order valence-electron chi connectivity index (χ2n) is 4.20. The average Bonchev–Trinajstić information content (AvgIpc) is 2.27. The number of phenolic OH excluding ortho intramolecular Hbond substituents is 1. The number of carbonyl (C=O) groups excluding carboxylic acids is 2. The van der Waals surface area contributed by atoms with Gasteiger partial charge in [0.15, 0.2) is 0 Å². The number of rotatable bonds is 1. The average molecular weight is 234 g/mol. The van der Waals surface area contributed by atoms with Gasteiger partial charge in [-0.05, 0) is 17.7 Å². The highest BCUT2D eigenvalue weighted by molar-refractivity contribution is 5.95. The summed E-state index contributed by atoms with van der Waals surface area (Å²) in [5.74, 6) is -0.164. The summed E-state index contributed by atoms with van der Waals surface area (Å²) in [6.45, 7) is 0.102. The van der Waals surface area contributed by atoms with E-state index in [2.05, 4.69) is 0 Å². The predicted molar refractivity (Wildman–Crippen MR) is 61.3 cm³/mol. The van der Waals surface area contributed by atoms with Gasteiger partial charge in [0, 0.05) is 14.1 Å². The molecule has 2 amide bonds. The van der Waals surface area contributed by atoms with Crippen LogP contribution in [0.15, 0.2) is 24.3 Å². The number of aromatic hydroxyl groups is 1. The first-order valence-corrected chi connectivity index (χ1v) is 5.30. The van der Waals surface area contributed by atoms with E-state index < -0.39 is 6.04 Å². The van der Waals surface area contributed by atoms with Gasteiger partial charge in [-0.15, -0.1) is 0 Å². The van der Waals surface area contributed by atoms with Gasteiger partial charge in [0.1, 0.15) is 11.8 Å². The Morgan fingerprint density at radius 3 is 2.65 bits per heavy atom. The Morgan fingerprint density at radius 2 is 2.00 bits per heavy atom. The third-order valence-corrected chi connectivity index (χ3v) is 2.95. The van der Waals surface area contributed by atoms with Crippen molar-refractivity contribution in [1.29, 1.82) is 0 Å². The second kappa shape index (κ2) is 4.08. The molecule has 0 spiro atoms. The molecule has 5 heteroatoms. The molecule has 1 aliphatic rings. The van der Waals surface area contributed by atoms with E-state index in [1.807, 2.05) is 0 Å². The molecule has 1 aromatic rings. The highest BCUT2D eigenvalue weighted by atomic mass is 16.3. The molecule has 0 unspecified atom stereocenters. The minimum atomic E-state index is -0.645. The lowest BCUT2D eigenvalue weighted by Crippen LogP contribution is -2.52. The van der Waals surface area contributed by atoms with Crippen LogP contribution in [-0.2, 0) is 9.59 Å². The Hall–Kier alpha value is -2.04. The maximum absolute atomic E-state index is 12.0. The number of hydrogen-bond donors (Lipinski definition) is 1. The topological polar surface area (TPSA) is 60.9 Å². The Kier molecular flexibility index (Phi) is 2.75. The monoisotopic (exact) mass is 234 g/mol. The fraction of sp³-hybridized carbons (Fsp3) is 0.333.